The maximum Gasteiger partial charge on any atom is 0.307 e. The Morgan fingerprint density at radius 3 is 2.57 bits per heavy atom. The summed E-state index contributed by atoms with van der Waals surface area (Å²) in [6, 6.07) is 6.82. The van der Waals surface area contributed by atoms with E-state index < -0.39 is 16.0 Å². The molecule has 1 heterocycles. The molecule has 0 aliphatic heterocycles. The second-order valence-electron chi connectivity index (χ2n) is 4.52. The zero-order valence-corrected chi connectivity index (χ0v) is 12.1. The van der Waals surface area contributed by atoms with Gasteiger partial charge in [-0.25, -0.2) is 13.1 Å². The Balaban J connectivity index is 2.17. The van der Waals surface area contributed by atoms with Crippen LogP contribution >= 0.6 is 0 Å². The highest BCUT2D eigenvalue weighted by Crippen LogP contribution is 2.14. The number of H-pyrrole nitrogens is 1. The van der Waals surface area contributed by atoms with Crippen LogP contribution in [0.3, 0.4) is 0 Å². The molecule has 0 aliphatic rings. The number of aromatic nitrogens is 2. The normalized spacial score (nSPS) is 11.5. The van der Waals surface area contributed by atoms with E-state index in [9.17, 15) is 13.2 Å². The van der Waals surface area contributed by atoms with E-state index in [1.165, 1.54) is 6.20 Å². The van der Waals surface area contributed by atoms with Crippen LogP contribution < -0.4 is 4.72 Å². The molecule has 0 aliphatic carbocycles. The lowest BCUT2D eigenvalue weighted by Gasteiger charge is -2.09. The molecule has 2 rings (SSSR count). The number of carbonyl (C=O) groups is 1. The van der Waals surface area contributed by atoms with Crippen molar-refractivity contribution in [2.24, 2.45) is 0 Å². The molecule has 0 bridgehead atoms. The minimum Gasteiger partial charge on any atom is -0.481 e. The molecule has 8 heteroatoms. The molecule has 7 nitrogen and oxygen atoms in total. The van der Waals surface area contributed by atoms with Crippen LogP contribution in [-0.4, -0.2) is 29.7 Å². The van der Waals surface area contributed by atoms with Gasteiger partial charge in [-0.1, -0.05) is 24.3 Å². The zero-order chi connectivity index (χ0) is 15.5. The van der Waals surface area contributed by atoms with E-state index in [2.05, 4.69) is 14.9 Å². The standard InChI is InChI=1S/C13H15N3O4S/c1-9-12(8-14-16-9)21(19,20)15-7-11-5-3-2-4-10(11)6-13(17)18/h2-5,8,15H,6-7H2,1H3,(H,14,16)(H,17,18). The summed E-state index contributed by atoms with van der Waals surface area (Å²) >= 11 is 0. The molecule has 21 heavy (non-hydrogen) atoms. The van der Waals surface area contributed by atoms with Crippen molar-refractivity contribution in [2.75, 3.05) is 0 Å². The molecular weight excluding hydrogens is 294 g/mol. The number of carboxylic acid groups (broad SMARTS) is 1. The molecule has 0 saturated heterocycles. The fraction of sp³-hybridized carbons (Fsp3) is 0.231. The van der Waals surface area contributed by atoms with Crippen LogP contribution in [0.25, 0.3) is 0 Å². The first kappa shape index (κ1) is 15.2. The van der Waals surface area contributed by atoms with Gasteiger partial charge in [0.25, 0.3) is 0 Å². The Morgan fingerprint density at radius 1 is 1.33 bits per heavy atom. The van der Waals surface area contributed by atoms with Gasteiger partial charge in [-0.05, 0) is 18.1 Å². The second-order valence-corrected chi connectivity index (χ2v) is 6.26. The Labute approximate surface area is 122 Å². The first-order valence-electron chi connectivity index (χ1n) is 6.18. The first-order valence-corrected chi connectivity index (χ1v) is 7.66. The number of hydrogen-bond donors (Lipinski definition) is 3. The molecule has 0 spiro atoms. The van der Waals surface area contributed by atoms with Crippen molar-refractivity contribution < 1.29 is 18.3 Å². The predicted molar refractivity (Wildman–Crippen MR) is 75.1 cm³/mol. The molecule has 3 N–H and O–H groups in total. The molecule has 1 aromatic heterocycles. The molecule has 0 fully saturated rings. The van der Waals surface area contributed by atoms with Gasteiger partial charge in [0.2, 0.25) is 10.0 Å². The van der Waals surface area contributed by atoms with E-state index in [1.807, 2.05) is 0 Å². The summed E-state index contributed by atoms with van der Waals surface area (Å²) in [5.41, 5.74) is 1.66. The number of nitrogens with zero attached hydrogens (tertiary/aromatic N) is 1. The van der Waals surface area contributed by atoms with E-state index in [1.54, 1.807) is 31.2 Å². The maximum atomic E-state index is 12.1. The van der Waals surface area contributed by atoms with Gasteiger partial charge < -0.3 is 5.11 Å². The number of nitrogens with one attached hydrogen (secondary N) is 2. The van der Waals surface area contributed by atoms with Gasteiger partial charge in [0.1, 0.15) is 4.90 Å². The third-order valence-corrected chi connectivity index (χ3v) is 4.50. The lowest BCUT2D eigenvalue weighted by molar-refractivity contribution is -0.136. The van der Waals surface area contributed by atoms with Crippen LogP contribution in [-0.2, 0) is 27.8 Å². The van der Waals surface area contributed by atoms with Crippen LogP contribution in [0.4, 0.5) is 0 Å². The SMILES string of the molecule is Cc1[nH]ncc1S(=O)(=O)NCc1ccccc1CC(=O)O. The Kier molecular flexibility index (Phi) is 4.39. The second kappa shape index (κ2) is 6.06. The van der Waals surface area contributed by atoms with Crippen LogP contribution in [0.5, 0.6) is 0 Å². The lowest BCUT2D eigenvalue weighted by Crippen LogP contribution is -2.24. The highest BCUT2D eigenvalue weighted by molar-refractivity contribution is 7.89. The maximum absolute atomic E-state index is 12.1. The average Bonchev–Trinajstić information content (AvgIpc) is 2.84. The third kappa shape index (κ3) is 3.67. The van der Waals surface area contributed by atoms with E-state index >= 15 is 0 Å². The molecule has 0 atom stereocenters. The molecule has 1 aromatic carbocycles. The van der Waals surface area contributed by atoms with Gasteiger partial charge in [-0.15, -0.1) is 0 Å². The molecule has 112 valence electrons. The van der Waals surface area contributed by atoms with Crippen molar-refractivity contribution in [3.8, 4) is 0 Å². The minimum absolute atomic E-state index is 0.0242. The fourth-order valence-electron chi connectivity index (χ4n) is 1.93. The summed E-state index contributed by atoms with van der Waals surface area (Å²) in [7, 11) is -3.68. The van der Waals surface area contributed by atoms with Crippen LogP contribution in [0, 0.1) is 6.92 Å². The number of hydrogen-bond acceptors (Lipinski definition) is 4. The Morgan fingerprint density at radius 2 is 2.00 bits per heavy atom. The monoisotopic (exact) mass is 309 g/mol. The van der Waals surface area contributed by atoms with E-state index in [0.29, 0.717) is 16.8 Å². The van der Waals surface area contributed by atoms with Crippen molar-refractivity contribution >= 4 is 16.0 Å². The summed E-state index contributed by atoms with van der Waals surface area (Å²) in [6.07, 6.45) is 1.09. The average molecular weight is 309 g/mol. The number of carboxylic acids is 1. The predicted octanol–water partition coefficient (Wildman–Crippen LogP) is 0.824. The summed E-state index contributed by atoms with van der Waals surface area (Å²) in [4.78, 5) is 10.9. The van der Waals surface area contributed by atoms with Gasteiger partial charge >= 0.3 is 5.97 Å². The summed E-state index contributed by atoms with van der Waals surface area (Å²) < 4.78 is 26.7. The zero-order valence-electron chi connectivity index (χ0n) is 11.3. The fourth-order valence-corrected chi connectivity index (χ4v) is 3.07. The van der Waals surface area contributed by atoms with Crippen molar-refractivity contribution in [3.63, 3.8) is 0 Å². The summed E-state index contributed by atoms with van der Waals surface area (Å²) in [5, 5.41) is 15.1. The summed E-state index contributed by atoms with van der Waals surface area (Å²) in [6.45, 7) is 1.64. The number of aliphatic carboxylic acids is 1. The number of sulfonamides is 1. The molecule has 0 saturated carbocycles. The molecule has 0 radical (unpaired) electrons. The number of aryl methyl sites for hydroxylation is 1. The van der Waals surface area contributed by atoms with Gasteiger partial charge in [-0.2, -0.15) is 5.10 Å². The van der Waals surface area contributed by atoms with Crippen LogP contribution in [0.1, 0.15) is 16.8 Å². The lowest BCUT2D eigenvalue weighted by atomic mass is 10.1. The molecule has 0 unspecified atom stereocenters. The number of rotatable bonds is 6. The third-order valence-electron chi connectivity index (χ3n) is 2.99. The number of aromatic amines is 1. The van der Waals surface area contributed by atoms with Gasteiger partial charge in [0, 0.05) is 6.54 Å². The largest absolute Gasteiger partial charge is 0.481 e. The molecular formula is C13H15N3O4S. The van der Waals surface area contributed by atoms with E-state index in [4.69, 9.17) is 5.11 Å². The molecule has 2 aromatic rings. The highest BCUT2D eigenvalue weighted by Gasteiger charge is 2.18. The number of benzene rings is 1. The van der Waals surface area contributed by atoms with E-state index in [-0.39, 0.29) is 17.9 Å². The Hall–Kier alpha value is -2.19. The van der Waals surface area contributed by atoms with Crippen molar-refractivity contribution in [1.82, 2.24) is 14.9 Å². The van der Waals surface area contributed by atoms with Crippen molar-refractivity contribution in [1.29, 1.82) is 0 Å². The first-order chi connectivity index (χ1) is 9.90. The smallest absolute Gasteiger partial charge is 0.307 e. The van der Waals surface area contributed by atoms with Gasteiger partial charge in [-0.3, -0.25) is 9.89 Å². The summed E-state index contributed by atoms with van der Waals surface area (Å²) in [5.74, 6) is -0.962. The Bertz CT molecular complexity index is 752. The van der Waals surface area contributed by atoms with E-state index in [0.717, 1.165) is 0 Å². The minimum atomic E-state index is -3.68. The quantitative estimate of drug-likeness (QED) is 0.731. The van der Waals surface area contributed by atoms with Crippen molar-refractivity contribution in [3.05, 3.63) is 47.3 Å². The highest BCUT2D eigenvalue weighted by atomic mass is 32.2. The van der Waals surface area contributed by atoms with Crippen LogP contribution in [0.2, 0.25) is 0 Å². The molecule has 0 amide bonds. The van der Waals surface area contributed by atoms with Crippen molar-refractivity contribution in [2.45, 2.75) is 24.8 Å². The topological polar surface area (TPSA) is 112 Å². The van der Waals surface area contributed by atoms with Crippen LogP contribution in [0.15, 0.2) is 35.4 Å². The van der Waals surface area contributed by atoms with Gasteiger partial charge in [0.15, 0.2) is 0 Å². The van der Waals surface area contributed by atoms with Gasteiger partial charge in [0.05, 0.1) is 18.3 Å².